The van der Waals surface area contributed by atoms with Crippen LogP contribution in [0.15, 0.2) is 42.5 Å². The Morgan fingerprint density at radius 1 is 0.861 bits per heavy atom. The quantitative estimate of drug-likeness (QED) is 0.365. The summed E-state index contributed by atoms with van der Waals surface area (Å²) < 4.78 is 6.33. The molecule has 0 bridgehead atoms. The summed E-state index contributed by atoms with van der Waals surface area (Å²) in [7, 11) is 8.17. The van der Waals surface area contributed by atoms with Gasteiger partial charge in [0.1, 0.15) is 11.5 Å². The van der Waals surface area contributed by atoms with Crippen molar-refractivity contribution in [3.63, 3.8) is 0 Å². The highest BCUT2D eigenvalue weighted by Gasteiger charge is 2.31. The molecule has 2 saturated carbocycles. The molecule has 0 heterocycles. The minimum atomic E-state index is -0.740. The third kappa shape index (κ3) is 7.32. The van der Waals surface area contributed by atoms with E-state index < -0.39 is 5.08 Å². The lowest BCUT2D eigenvalue weighted by Gasteiger charge is -2.37. The van der Waals surface area contributed by atoms with Gasteiger partial charge in [-0.2, -0.15) is 0 Å². The minimum absolute atomic E-state index is 0.0546. The molecule has 2 aromatic carbocycles. The molecule has 2 N–H and O–H groups in total. The fourth-order valence-electron chi connectivity index (χ4n) is 5.83. The van der Waals surface area contributed by atoms with E-state index in [1.54, 1.807) is 0 Å². The predicted octanol–water partition coefficient (Wildman–Crippen LogP) is 7.72. The fourth-order valence-corrected chi connectivity index (χ4v) is 7.43. The van der Waals surface area contributed by atoms with E-state index in [4.69, 9.17) is 4.74 Å². The van der Waals surface area contributed by atoms with E-state index in [1.165, 1.54) is 44.1 Å². The van der Waals surface area contributed by atoms with Crippen molar-refractivity contribution in [2.24, 2.45) is 11.8 Å². The summed E-state index contributed by atoms with van der Waals surface area (Å²) in [5, 5.41) is 20.4. The number of phenolic OH excluding ortho intramolecular Hbond substituents is 1. The first-order chi connectivity index (χ1) is 17.3. The van der Waals surface area contributed by atoms with Crippen molar-refractivity contribution in [3.8, 4) is 11.5 Å². The fraction of sp³-hybridized carbons (Fsp3) is 0.533. The van der Waals surface area contributed by atoms with E-state index in [9.17, 15) is 10.2 Å². The lowest BCUT2D eigenvalue weighted by molar-refractivity contribution is 0.0805. The van der Waals surface area contributed by atoms with Gasteiger partial charge in [-0.25, -0.2) is 0 Å². The molecule has 0 aromatic heterocycles. The van der Waals surface area contributed by atoms with Crippen LogP contribution < -0.4 is 10.0 Å². The molecule has 2 fully saturated rings. The highest BCUT2D eigenvalue weighted by molar-refractivity contribution is 7.39. The first kappa shape index (κ1) is 29.6. The molecule has 3 atom stereocenters. The summed E-state index contributed by atoms with van der Waals surface area (Å²) in [5.74, 6) is 3.37. The molecule has 198 valence electrons. The van der Waals surface area contributed by atoms with E-state index in [0.717, 1.165) is 46.9 Å². The minimum Gasteiger partial charge on any atom is -0.507 e. The Bertz CT molecular complexity index is 987. The summed E-state index contributed by atoms with van der Waals surface area (Å²) >= 11 is 0. The Morgan fingerprint density at radius 2 is 1.42 bits per heavy atom. The van der Waals surface area contributed by atoms with Gasteiger partial charge in [0.05, 0.1) is 6.10 Å². The van der Waals surface area contributed by atoms with Crippen LogP contribution in [0.1, 0.15) is 94.7 Å². The largest absolute Gasteiger partial charge is 0.507 e. The van der Waals surface area contributed by atoms with Gasteiger partial charge < -0.3 is 14.9 Å². The van der Waals surface area contributed by atoms with Crippen LogP contribution in [-0.4, -0.2) is 16.3 Å². The SMILES string of the molecule is C/C=C/c1ccc(C(P)(P)Oc2ccc(C3CCC(C4CCC(O)CC4)CC3)cc2)c(P)c1O.CC. The average Bonchev–Trinajstić information content (AvgIpc) is 2.89. The molecule has 0 radical (unpaired) electrons. The Labute approximate surface area is 225 Å². The maximum absolute atomic E-state index is 10.6. The molecular formula is C30H45O3P3. The van der Waals surface area contributed by atoms with Crippen LogP contribution >= 0.6 is 27.7 Å². The smallest absolute Gasteiger partial charge is 0.159 e. The highest BCUT2D eigenvalue weighted by atomic mass is 31.1. The zero-order valence-electron chi connectivity index (χ0n) is 22.1. The zero-order valence-corrected chi connectivity index (χ0v) is 25.6. The molecule has 2 aliphatic rings. The van der Waals surface area contributed by atoms with Crippen molar-refractivity contribution in [1.82, 2.24) is 0 Å². The molecule has 2 aliphatic carbocycles. The van der Waals surface area contributed by atoms with Crippen molar-refractivity contribution in [1.29, 1.82) is 0 Å². The highest BCUT2D eigenvalue weighted by Crippen LogP contribution is 2.45. The molecule has 6 heteroatoms. The predicted molar refractivity (Wildman–Crippen MR) is 164 cm³/mol. The summed E-state index contributed by atoms with van der Waals surface area (Å²) in [5.41, 5.74) is 3.08. The number of phenols is 1. The van der Waals surface area contributed by atoms with Gasteiger partial charge in [0.15, 0.2) is 5.08 Å². The Hall–Kier alpha value is -0.970. The van der Waals surface area contributed by atoms with E-state index in [2.05, 4.69) is 52.0 Å². The van der Waals surface area contributed by atoms with Gasteiger partial charge in [-0.05, 0) is 93.7 Å². The maximum atomic E-state index is 10.6. The number of allylic oxidation sites excluding steroid dienone is 1. The zero-order chi connectivity index (χ0) is 26.3. The monoisotopic (exact) mass is 546 g/mol. The van der Waals surface area contributed by atoms with Gasteiger partial charge in [-0.3, -0.25) is 0 Å². The molecule has 0 amide bonds. The van der Waals surface area contributed by atoms with Gasteiger partial charge in [-0.15, -0.1) is 9.24 Å². The average molecular weight is 547 g/mol. The van der Waals surface area contributed by atoms with Crippen molar-refractivity contribution in [2.75, 3.05) is 0 Å². The number of hydrogen-bond donors (Lipinski definition) is 2. The van der Waals surface area contributed by atoms with Crippen LogP contribution in [0.5, 0.6) is 11.5 Å². The number of aromatic hydroxyl groups is 1. The number of rotatable bonds is 6. The maximum Gasteiger partial charge on any atom is 0.159 e. The third-order valence-corrected chi connectivity index (χ3v) is 9.28. The van der Waals surface area contributed by atoms with E-state index >= 15 is 0 Å². The van der Waals surface area contributed by atoms with Crippen molar-refractivity contribution in [3.05, 3.63) is 59.2 Å². The standard InChI is InChI=1S/C28H39O3P3.C2H6/c1-2-3-22-12-17-25(27(32)26(22)30)28(33,34)31-24-15-10-21(11-16-24)19-6-4-18(5-7-19)20-8-13-23(29)14-9-20;1-2/h2-3,10-12,15-20,23,29-30H,4-9,13-14,32-34H2,1H3;1-2H3/b3-2+;. The first-order valence-corrected chi connectivity index (χ1v) is 15.3. The number of ether oxygens (including phenoxy) is 1. The normalized spacial score (nSPS) is 24.8. The van der Waals surface area contributed by atoms with Gasteiger partial charge >= 0.3 is 0 Å². The van der Waals surface area contributed by atoms with Gasteiger partial charge in [0.25, 0.3) is 0 Å². The van der Waals surface area contributed by atoms with E-state index in [-0.39, 0.29) is 11.9 Å². The van der Waals surface area contributed by atoms with Crippen LogP contribution in [0.4, 0.5) is 0 Å². The second kappa shape index (κ2) is 13.7. The van der Waals surface area contributed by atoms with Crippen LogP contribution in [-0.2, 0) is 5.08 Å². The van der Waals surface area contributed by atoms with Crippen LogP contribution in [0.2, 0.25) is 0 Å². The first-order valence-electron chi connectivity index (χ1n) is 13.6. The molecular weight excluding hydrogens is 501 g/mol. The molecule has 3 unspecified atom stereocenters. The summed E-state index contributed by atoms with van der Waals surface area (Å²) in [6.07, 6.45) is 13.3. The van der Waals surface area contributed by atoms with Crippen LogP contribution in [0, 0.1) is 11.8 Å². The molecule has 4 rings (SSSR count). The molecule has 36 heavy (non-hydrogen) atoms. The molecule has 0 aliphatic heterocycles. The third-order valence-electron chi connectivity index (χ3n) is 7.83. The summed E-state index contributed by atoms with van der Waals surface area (Å²) in [4.78, 5) is 0. The Morgan fingerprint density at radius 3 is 1.97 bits per heavy atom. The molecule has 3 nitrogen and oxygen atoms in total. The van der Waals surface area contributed by atoms with Gasteiger partial charge in [-0.1, -0.05) is 68.7 Å². The van der Waals surface area contributed by atoms with Crippen LogP contribution in [0.25, 0.3) is 6.08 Å². The second-order valence-electron chi connectivity index (χ2n) is 10.1. The van der Waals surface area contributed by atoms with Crippen molar-refractivity contribution in [2.45, 2.75) is 89.2 Å². The van der Waals surface area contributed by atoms with Crippen molar-refractivity contribution >= 4 is 39.1 Å². The Balaban J connectivity index is 0.00000176. The lowest BCUT2D eigenvalue weighted by Crippen LogP contribution is -2.27. The van der Waals surface area contributed by atoms with Gasteiger partial charge in [0.2, 0.25) is 0 Å². The van der Waals surface area contributed by atoms with E-state index in [0.29, 0.717) is 5.92 Å². The Kier molecular flexibility index (Phi) is 11.3. The van der Waals surface area contributed by atoms with Crippen molar-refractivity contribution < 1.29 is 14.9 Å². The molecule has 0 spiro atoms. The number of aliphatic hydroxyl groups excluding tert-OH is 1. The number of benzene rings is 2. The molecule has 0 saturated heterocycles. The lowest BCUT2D eigenvalue weighted by atomic mass is 9.69. The van der Waals surface area contributed by atoms with Crippen LogP contribution in [0.3, 0.4) is 0 Å². The number of hydrogen-bond acceptors (Lipinski definition) is 3. The van der Waals surface area contributed by atoms with Gasteiger partial charge in [0, 0.05) is 16.4 Å². The number of aliphatic hydroxyl groups is 1. The topological polar surface area (TPSA) is 49.7 Å². The van der Waals surface area contributed by atoms with E-state index in [1.807, 2.05) is 45.1 Å². The molecule has 2 aromatic rings. The second-order valence-corrected chi connectivity index (χ2v) is 13.1. The summed E-state index contributed by atoms with van der Waals surface area (Å²) in [6.45, 7) is 5.94. The summed E-state index contributed by atoms with van der Waals surface area (Å²) in [6, 6.07) is 12.5.